The first-order valence-corrected chi connectivity index (χ1v) is 12.2. The van der Waals surface area contributed by atoms with Crippen LogP contribution in [-0.4, -0.2) is 70.0 Å². The summed E-state index contributed by atoms with van der Waals surface area (Å²) in [5.41, 5.74) is 1.04. The molecule has 0 unspecified atom stereocenters. The Bertz CT molecular complexity index is 1060. The molecule has 2 heterocycles. The normalized spacial score (nSPS) is 17.0. The first-order chi connectivity index (χ1) is 15.5. The van der Waals surface area contributed by atoms with Gasteiger partial charge in [0.05, 0.1) is 25.2 Å². The molecule has 32 heavy (non-hydrogen) atoms. The molecule has 0 aromatic heterocycles. The molecule has 2 aromatic rings. The molecule has 1 saturated heterocycles. The highest BCUT2D eigenvalue weighted by atomic mass is 32.2. The molecule has 0 radical (unpaired) electrons. The highest BCUT2D eigenvalue weighted by Gasteiger charge is 2.31. The van der Waals surface area contributed by atoms with Crippen LogP contribution in [0.4, 0.5) is 0 Å². The predicted molar refractivity (Wildman–Crippen MR) is 119 cm³/mol. The lowest BCUT2D eigenvalue weighted by Gasteiger charge is -2.34. The molecule has 0 N–H and O–H groups in total. The molecule has 0 saturated carbocycles. The number of hydrogen-bond donors (Lipinski definition) is 0. The Hall–Kier alpha value is -2.78. The molecule has 1 amide bonds. The van der Waals surface area contributed by atoms with Crippen molar-refractivity contribution in [2.24, 2.45) is 0 Å². The summed E-state index contributed by atoms with van der Waals surface area (Å²) in [4.78, 5) is 14.6. The zero-order valence-corrected chi connectivity index (χ0v) is 19.0. The Balaban J connectivity index is 1.34. The number of sulfonamides is 1. The van der Waals surface area contributed by atoms with Crippen LogP contribution < -0.4 is 14.2 Å². The fourth-order valence-corrected chi connectivity index (χ4v) is 5.31. The molecule has 0 spiro atoms. The van der Waals surface area contributed by atoms with E-state index in [-0.39, 0.29) is 23.9 Å². The first kappa shape index (κ1) is 22.4. The lowest BCUT2D eigenvalue weighted by atomic mass is 10.1. The van der Waals surface area contributed by atoms with Crippen LogP contribution in [0.2, 0.25) is 0 Å². The van der Waals surface area contributed by atoms with Crippen LogP contribution in [0.15, 0.2) is 47.4 Å². The van der Waals surface area contributed by atoms with Gasteiger partial charge in [-0.05, 0) is 36.2 Å². The minimum absolute atomic E-state index is 0.0282. The van der Waals surface area contributed by atoms with E-state index in [1.165, 1.54) is 10.4 Å². The van der Waals surface area contributed by atoms with Crippen molar-refractivity contribution in [1.29, 1.82) is 0 Å². The molecule has 0 atom stereocenters. The molecule has 2 aliphatic heterocycles. The first-order valence-electron chi connectivity index (χ1n) is 10.8. The second-order valence-electron chi connectivity index (χ2n) is 7.80. The van der Waals surface area contributed by atoms with E-state index < -0.39 is 10.0 Å². The standard InChI is InChI=1S/C23H28N2O6S/c1-29-19-5-2-4-18(16-19)6-9-23(26)24-10-12-25(13-11-24)32(27,28)20-7-8-21-22(17-20)31-15-3-14-30-21/h2,4-5,7-8,16-17H,3,6,9-15H2,1H3. The summed E-state index contributed by atoms with van der Waals surface area (Å²) in [6.45, 7) is 2.32. The van der Waals surface area contributed by atoms with E-state index in [9.17, 15) is 13.2 Å². The van der Waals surface area contributed by atoms with Gasteiger partial charge in [0.25, 0.3) is 0 Å². The number of hydrogen-bond acceptors (Lipinski definition) is 6. The molecule has 2 aliphatic rings. The van der Waals surface area contributed by atoms with Crippen LogP contribution in [0.3, 0.4) is 0 Å². The summed E-state index contributed by atoms with van der Waals surface area (Å²) in [7, 11) is -2.06. The lowest BCUT2D eigenvalue weighted by molar-refractivity contribution is -0.132. The second kappa shape index (κ2) is 9.79. The number of ether oxygens (including phenoxy) is 3. The molecular formula is C23H28N2O6S. The van der Waals surface area contributed by atoms with Gasteiger partial charge in [-0.25, -0.2) is 8.42 Å². The Morgan fingerprint density at radius 1 is 1.00 bits per heavy atom. The number of aryl methyl sites for hydroxylation is 1. The molecule has 172 valence electrons. The number of carbonyl (C=O) groups is 1. The third-order valence-corrected chi connectivity index (χ3v) is 7.60. The van der Waals surface area contributed by atoms with E-state index in [1.54, 1.807) is 24.1 Å². The largest absolute Gasteiger partial charge is 0.497 e. The molecule has 8 nitrogen and oxygen atoms in total. The minimum Gasteiger partial charge on any atom is -0.497 e. The number of nitrogens with zero attached hydrogens (tertiary/aromatic N) is 2. The van der Waals surface area contributed by atoms with Gasteiger partial charge >= 0.3 is 0 Å². The number of piperazine rings is 1. The molecule has 2 aromatic carbocycles. The average molecular weight is 461 g/mol. The van der Waals surface area contributed by atoms with Crippen molar-refractivity contribution < 1.29 is 27.4 Å². The fourth-order valence-electron chi connectivity index (χ4n) is 3.87. The van der Waals surface area contributed by atoms with Gasteiger partial charge in [0.2, 0.25) is 15.9 Å². The van der Waals surface area contributed by atoms with Crippen molar-refractivity contribution in [3.05, 3.63) is 48.0 Å². The van der Waals surface area contributed by atoms with Gasteiger partial charge in [0, 0.05) is 45.1 Å². The van der Waals surface area contributed by atoms with Crippen LogP contribution in [-0.2, 0) is 21.2 Å². The molecule has 1 fully saturated rings. The summed E-state index contributed by atoms with van der Waals surface area (Å²) >= 11 is 0. The maximum absolute atomic E-state index is 13.1. The monoisotopic (exact) mass is 460 g/mol. The van der Waals surface area contributed by atoms with E-state index in [2.05, 4.69) is 0 Å². The van der Waals surface area contributed by atoms with E-state index in [4.69, 9.17) is 14.2 Å². The molecule has 0 bridgehead atoms. The predicted octanol–water partition coefficient (Wildman–Crippen LogP) is 2.32. The third kappa shape index (κ3) is 4.99. The fraction of sp³-hybridized carbons (Fsp3) is 0.435. The lowest BCUT2D eigenvalue weighted by Crippen LogP contribution is -2.50. The number of amides is 1. The van der Waals surface area contributed by atoms with Crippen molar-refractivity contribution >= 4 is 15.9 Å². The van der Waals surface area contributed by atoms with Gasteiger partial charge < -0.3 is 19.1 Å². The topological polar surface area (TPSA) is 85.4 Å². The summed E-state index contributed by atoms with van der Waals surface area (Å²) in [6, 6.07) is 12.4. The van der Waals surface area contributed by atoms with Crippen molar-refractivity contribution in [3.8, 4) is 17.2 Å². The number of carbonyl (C=O) groups excluding carboxylic acids is 1. The highest BCUT2D eigenvalue weighted by Crippen LogP contribution is 2.33. The average Bonchev–Trinajstić information content (AvgIpc) is 3.07. The van der Waals surface area contributed by atoms with Gasteiger partial charge in [-0.2, -0.15) is 4.31 Å². The third-order valence-electron chi connectivity index (χ3n) is 5.71. The van der Waals surface area contributed by atoms with E-state index in [0.717, 1.165) is 17.7 Å². The maximum atomic E-state index is 13.1. The van der Waals surface area contributed by atoms with Crippen molar-refractivity contribution in [2.75, 3.05) is 46.5 Å². The quantitative estimate of drug-likeness (QED) is 0.658. The SMILES string of the molecule is COc1cccc(CCC(=O)N2CCN(S(=O)(=O)c3ccc4c(c3)OCCCO4)CC2)c1. The molecular weight excluding hydrogens is 432 g/mol. The smallest absolute Gasteiger partial charge is 0.243 e. The molecule has 0 aliphatic carbocycles. The summed E-state index contributed by atoms with van der Waals surface area (Å²) < 4.78 is 44.1. The highest BCUT2D eigenvalue weighted by molar-refractivity contribution is 7.89. The Morgan fingerprint density at radius 2 is 1.75 bits per heavy atom. The Morgan fingerprint density at radius 3 is 2.50 bits per heavy atom. The summed E-state index contributed by atoms with van der Waals surface area (Å²) in [5.74, 6) is 1.81. The maximum Gasteiger partial charge on any atom is 0.243 e. The summed E-state index contributed by atoms with van der Waals surface area (Å²) in [6.07, 6.45) is 1.75. The van der Waals surface area contributed by atoms with Gasteiger partial charge in [-0.15, -0.1) is 0 Å². The molecule has 9 heteroatoms. The van der Waals surface area contributed by atoms with Gasteiger partial charge in [-0.1, -0.05) is 12.1 Å². The molecule has 4 rings (SSSR count). The second-order valence-corrected chi connectivity index (χ2v) is 9.73. The van der Waals surface area contributed by atoms with Crippen molar-refractivity contribution in [2.45, 2.75) is 24.2 Å². The Labute approximate surface area is 188 Å². The van der Waals surface area contributed by atoms with Gasteiger partial charge in [0.15, 0.2) is 11.5 Å². The van der Waals surface area contributed by atoms with Crippen LogP contribution >= 0.6 is 0 Å². The number of benzene rings is 2. The minimum atomic E-state index is -3.67. The van der Waals surface area contributed by atoms with E-state index >= 15 is 0 Å². The van der Waals surface area contributed by atoms with Crippen molar-refractivity contribution in [3.63, 3.8) is 0 Å². The number of fused-ring (bicyclic) bond motifs is 1. The zero-order chi connectivity index (χ0) is 22.6. The van der Waals surface area contributed by atoms with Crippen molar-refractivity contribution in [1.82, 2.24) is 9.21 Å². The van der Waals surface area contributed by atoms with E-state index in [1.807, 2.05) is 24.3 Å². The van der Waals surface area contributed by atoms with Crippen LogP contribution in [0, 0.1) is 0 Å². The van der Waals surface area contributed by atoms with Crippen LogP contribution in [0.25, 0.3) is 0 Å². The van der Waals surface area contributed by atoms with Gasteiger partial charge in [0.1, 0.15) is 5.75 Å². The Kier molecular flexibility index (Phi) is 6.86. The van der Waals surface area contributed by atoms with E-state index in [0.29, 0.717) is 50.6 Å². The number of methoxy groups -OCH3 is 1. The van der Waals surface area contributed by atoms with Gasteiger partial charge in [-0.3, -0.25) is 4.79 Å². The number of rotatable bonds is 6. The van der Waals surface area contributed by atoms with Crippen LogP contribution in [0.5, 0.6) is 17.2 Å². The van der Waals surface area contributed by atoms with Crippen LogP contribution in [0.1, 0.15) is 18.4 Å². The summed E-state index contributed by atoms with van der Waals surface area (Å²) in [5, 5.41) is 0. The zero-order valence-electron chi connectivity index (χ0n) is 18.2.